The zero-order valence-electron chi connectivity index (χ0n) is 12.0. The molecule has 5 nitrogen and oxygen atoms in total. The van der Waals surface area contributed by atoms with Gasteiger partial charge in [0.15, 0.2) is 5.16 Å². The minimum atomic E-state index is -0.493. The zero-order valence-corrected chi connectivity index (χ0v) is 13.6. The Morgan fingerprint density at radius 2 is 2.09 bits per heavy atom. The van der Waals surface area contributed by atoms with E-state index in [1.54, 1.807) is 19.1 Å². The Labute approximate surface area is 138 Å². The van der Waals surface area contributed by atoms with Crippen molar-refractivity contribution in [3.8, 4) is 11.1 Å². The van der Waals surface area contributed by atoms with Gasteiger partial charge in [0.2, 0.25) is 5.91 Å². The van der Waals surface area contributed by atoms with E-state index >= 15 is 0 Å². The molecule has 0 saturated heterocycles. The van der Waals surface area contributed by atoms with E-state index in [9.17, 15) is 14.0 Å². The van der Waals surface area contributed by atoms with Crippen LogP contribution in [0.4, 0.5) is 4.39 Å². The number of rotatable bonds is 4. The first-order valence-corrected chi connectivity index (χ1v) is 8.45. The van der Waals surface area contributed by atoms with Crippen LogP contribution in [0.15, 0.2) is 39.6 Å². The first-order valence-electron chi connectivity index (χ1n) is 6.69. The Morgan fingerprint density at radius 1 is 1.39 bits per heavy atom. The molecule has 3 aromatic rings. The SMILES string of the molecule is CC(Sc1nc2scc(-c3ccc(F)cc3)c2c(=O)[nH]1)C(N)=O. The van der Waals surface area contributed by atoms with Gasteiger partial charge in [-0.3, -0.25) is 9.59 Å². The molecule has 2 aromatic heterocycles. The summed E-state index contributed by atoms with van der Waals surface area (Å²) >= 11 is 2.43. The van der Waals surface area contributed by atoms with Crippen LogP contribution >= 0.6 is 23.1 Å². The lowest BCUT2D eigenvalue weighted by Gasteiger charge is -2.06. The molecule has 1 amide bonds. The van der Waals surface area contributed by atoms with Crippen LogP contribution in [0.5, 0.6) is 0 Å². The van der Waals surface area contributed by atoms with Gasteiger partial charge in [0, 0.05) is 10.9 Å². The summed E-state index contributed by atoms with van der Waals surface area (Å²) in [7, 11) is 0. The van der Waals surface area contributed by atoms with Gasteiger partial charge in [-0.1, -0.05) is 23.9 Å². The highest BCUT2D eigenvalue weighted by atomic mass is 32.2. The van der Waals surface area contributed by atoms with Crippen LogP contribution in [0.2, 0.25) is 0 Å². The molecule has 118 valence electrons. The monoisotopic (exact) mass is 349 g/mol. The molecule has 0 saturated carbocycles. The van der Waals surface area contributed by atoms with Crippen molar-refractivity contribution >= 4 is 39.2 Å². The summed E-state index contributed by atoms with van der Waals surface area (Å²) in [4.78, 5) is 31.1. The van der Waals surface area contributed by atoms with E-state index in [-0.39, 0.29) is 11.4 Å². The number of nitrogens with one attached hydrogen (secondary N) is 1. The minimum Gasteiger partial charge on any atom is -0.369 e. The molecule has 2 heterocycles. The minimum absolute atomic E-state index is 0.297. The van der Waals surface area contributed by atoms with Crippen LogP contribution in [-0.2, 0) is 4.79 Å². The van der Waals surface area contributed by atoms with Crippen molar-refractivity contribution in [1.29, 1.82) is 0 Å². The van der Waals surface area contributed by atoms with Crippen LogP contribution < -0.4 is 11.3 Å². The third-order valence-corrected chi connectivity index (χ3v) is 5.14. The normalized spacial score (nSPS) is 12.4. The number of benzene rings is 1. The van der Waals surface area contributed by atoms with Crippen molar-refractivity contribution in [3.63, 3.8) is 0 Å². The van der Waals surface area contributed by atoms with Crippen LogP contribution in [0.25, 0.3) is 21.3 Å². The number of hydrogen-bond donors (Lipinski definition) is 2. The van der Waals surface area contributed by atoms with E-state index < -0.39 is 11.2 Å². The smallest absolute Gasteiger partial charge is 0.260 e. The van der Waals surface area contributed by atoms with Crippen molar-refractivity contribution in [2.75, 3.05) is 0 Å². The number of halogens is 1. The number of hydrogen-bond acceptors (Lipinski definition) is 5. The van der Waals surface area contributed by atoms with Gasteiger partial charge in [0.1, 0.15) is 10.6 Å². The quantitative estimate of drug-likeness (QED) is 0.560. The van der Waals surface area contributed by atoms with E-state index in [4.69, 9.17) is 5.73 Å². The van der Waals surface area contributed by atoms with Crippen LogP contribution in [0.1, 0.15) is 6.92 Å². The summed E-state index contributed by atoms with van der Waals surface area (Å²) in [5, 5.41) is 2.12. The van der Waals surface area contributed by atoms with Gasteiger partial charge < -0.3 is 10.7 Å². The van der Waals surface area contributed by atoms with Crippen LogP contribution in [-0.4, -0.2) is 21.1 Å². The molecule has 0 radical (unpaired) electrons. The predicted octanol–water partition coefficient (Wildman–Crippen LogP) is 2.76. The summed E-state index contributed by atoms with van der Waals surface area (Å²) < 4.78 is 13.0. The van der Waals surface area contributed by atoms with Gasteiger partial charge in [-0.15, -0.1) is 11.3 Å². The second-order valence-corrected chi connectivity index (χ2v) is 7.06. The summed E-state index contributed by atoms with van der Waals surface area (Å²) in [6, 6.07) is 5.93. The third-order valence-electron chi connectivity index (χ3n) is 3.27. The Balaban J connectivity index is 2.06. The summed E-state index contributed by atoms with van der Waals surface area (Å²) in [5.41, 5.74) is 6.38. The molecule has 0 aliphatic carbocycles. The molecule has 0 aliphatic heterocycles. The molecule has 3 rings (SSSR count). The van der Waals surface area contributed by atoms with Gasteiger partial charge >= 0.3 is 0 Å². The summed E-state index contributed by atoms with van der Waals surface area (Å²) in [5.74, 6) is -0.810. The number of nitrogens with zero attached hydrogens (tertiary/aromatic N) is 1. The van der Waals surface area contributed by atoms with Crippen LogP contribution in [0.3, 0.4) is 0 Å². The van der Waals surface area contributed by atoms with Gasteiger partial charge in [-0.2, -0.15) is 0 Å². The molecule has 1 unspecified atom stereocenters. The molecule has 3 N–H and O–H groups in total. The van der Waals surface area contributed by atoms with E-state index in [1.807, 2.05) is 5.38 Å². The Bertz CT molecular complexity index is 934. The molecule has 1 atom stereocenters. The second kappa shape index (κ2) is 6.13. The van der Waals surface area contributed by atoms with E-state index in [2.05, 4.69) is 9.97 Å². The molecule has 0 spiro atoms. The Hall–Kier alpha value is -2.19. The number of amides is 1. The first kappa shape index (κ1) is 15.7. The fourth-order valence-electron chi connectivity index (χ4n) is 2.05. The Kier molecular flexibility index (Phi) is 4.18. The Morgan fingerprint density at radius 3 is 2.74 bits per heavy atom. The maximum absolute atomic E-state index is 13.0. The number of carbonyl (C=O) groups excluding carboxylic acids is 1. The maximum atomic E-state index is 13.0. The number of thiophene rings is 1. The van der Waals surface area contributed by atoms with Gasteiger partial charge in [0.05, 0.1) is 10.6 Å². The highest BCUT2D eigenvalue weighted by Gasteiger charge is 2.16. The van der Waals surface area contributed by atoms with Gasteiger partial charge in [-0.25, -0.2) is 9.37 Å². The lowest BCUT2D eigenvalue weighted by Crippen LogP contribution is -2.23. The van der Waals surface area contributed by atoms with Crippen molar-refractivity contribution in [2.45, 2.75) is 17.3 Å². The van der Waals surface area contributed by atoms with Gasteiger partial charge in [-0.05, 0) is 24.6 Å². The molecular weight excluding hydrogens is 337 g/mol. The number of carbonyl (C=O) groups is 1. The third kappa shape index (κ3) is 3.13. The summed E-state index contributed by atoms with van der Waals surface area (Å²) in [6.07, 6.45) is 0. The lowest BCUT2D eigenvalue weighted by atomic mass is 10.1. The molecule has 8 heteroatoms. The molecular formula is C15H12FN3O2S2. The number of H-pyrrole nitrogens is 1. The highest BCUT2D eigenvalue weighted by molar-refractivity contribution is 8.00. The van der Waals surface area contributed by atoms with Crippen molar-refractivity contribution in [1.82, 2.24) is 9.97 Å². The fourth-order valence-corrected chi connectivity index (χ4v) is 3.80. The van der Waals surface area contributed by atoms with E-state index in [1.165, 1.54) is 23.5 Å². The number of primary amides is 1. The standard InChI is InChI=1S/C15H12FN3O2S2/c1-7(12(17)20)23-15-18-13(21)11-10(6-22-14(11)19-15)8-2-4-9(16)5-3-8/h2-7H,1H3,(H2,17,20)(H,18,19,21). The molecule has 1 aromatic carbocycles. The van der Waals surface area contributed by atoms with Crippen molar-refractivity contribution in [3.05, 3.63) is 45.8 Å². The van der Waals surface area contributed by atoms with Crippen molar-refractivity contribution in [2.24, 2.45) is 5.73 Å². The maximum Gasteiger partial charge on any atom is 0.260 e. The second-order valence-electron chi connectivity index (χ2n) is 4.87. The summed E-state index contributed by atoms with van der Waals surface area (Å²) in [6.45, 7) is 1.65. The largest absolute Gasteiger partial charge is 0.369 e. The van der Waals surface area contributed by atoms with Crippen LogP contribution in [0, 0.1) is 5.82 Å². The van der Waals surface area contributed by atoms with Crippen molar-refractivity contribution < 1.29 is 9.18 Å². The lowest BCUT2D eigenvalue weighted by molar-refractivity contribution is -0.117. The average Bonchev–Trinajstić information content (AvgIpc) is 2.92. The highest BCUT2D eigenvalue weighted by Crippen LogP contribution is 2.32. The molecule has 0 aliphatic rings. The van der Waals surface area contributed by atoms with Gasteiger partial charge in [0.25, 0.3) is 5.56 Å². The number of aromatic amines is 1. The molecule has 23 heavy (non-hydrogen) atoms. The number of fused-ring (bicyclic) bond motifs is 1. The average molecular weight is 349 g/mol. The number of aromatic nitrogens is 2. The number of nitrogens with two attached hydrogens (primary N) is 1. The fraction of sp³-hybridized carbons (Fsp3) is 0.133. The molecule has 0 bridgehead atoms. The van der Waals surface area contributed by atoms with E-state index in [0.29, 0.717) is 20.9 Å². The first-order chi connectivity index (χ1) is 11.0. The topological polar surface area (TPSA) is 88.8 Å². The zero-order chi connectivity index (χ0) is 16.6. The number of thioether (sulfide) groups is 1. The molecule has 0 fully saturated rings. The van der Waals surface area contributed by atoms with E-state index in [0.717, 1.165) is 17.3 Å². The predicted molar refractivity (Wildman–Crippen MR) is 90.1 cm³/mol.